The van der Waals surface area contributed by atoms with Crippen molar-refractivity contribution in [1.82, 2.24) is 9.80 Å². The number of aliphatic carboxylic acids is 1. The summed E-state index contributed by atoms with van der Waals surface area (Å²) in [5.74, 6) is -0.650. The molecule has 2 rings (SSSR count). The highest BCUT2D eigenvalue weighted by molar-refractivity contribution is 9.10. The summed E-state index contributed by atoms with van der Waals surface area (Å²) >= 11 is 3.37. The number of carboxylic acids is 1. The third kappa shape index (κ3) is 5.10. The topological polar surface area (TPSA) is 60.9 Å². The quantitative estimate of drug-likeness (QED) is 0.783. The first-order chi connectivity index (χ1) is 10.6. The van der Waals surface area contributed by atoms with Crippen molar-refractivity contribution in [1.29, 1.82) is 0 Å². The van der Waals surface area contributed by atoms with Crippen molar-refractivity contribution < 1.29 is 14.7 Å². The van der Waals surface area contributed by atoms with Crippen molar-refractivity contribution in [2.24, 2.45) is 0 Å². The number of halogens is 1. The largest absolute Gasteiger partial charge is 0.481 e. The van der Waals surface area contributed by atoms with Crippen LogP contribution in [0.15, 0.2) is 28.7 Å². The zero-order valence-corrected chi connectivity index (χ0v) is 14.1. The van der Waals surface area contributed by atoms with Crippen molar-refractivity contribution in [3.05, 3.63) is 34.3 Å². The van der Waals surface area contributed by atoms with Gasteiger partial charge in [0.15, 0.2) is 0 Å². The maximum atomic E-state index is 12.4. The van der Waals surface area contributed by atoms with E-state index in [0.29, 0.717) is 6.42 Å². The molecule has 22 heavy (non-hydrogen) atoms. The minimum Gasteiger partial charge on any atom is -0.481 e. The Kier molecular flexibility index (Phi) is 6.39. The molecule has 1 heterocycles. The third-order valence-corrected chi connectivity index (χ3v) is 4.39. The second kappa shape index (κ2) is 8.29. The Labute approximate surface area is 139 Å². The Hall–Kier alpha value is -1.40. The van der Waals surface area contributed by atoms with E-state index in [4.69, 9.17) is 5.11 Å². The first-order valence-electron chi connectivity index (χ1n) is 7.55. The van der Waals surface area contributed by atoms with Crippen molar-refractivity contribution in [2.45, 2.75) is 19.3 Å². The number of hydrogen-bond donors (Lipinski definition) is 1. The molecule has 1 fully saturated rings. The number of benzene rings is 1. The molecular formula is C16H21BrN2O3. The Morgan fingerprint density at radius 3 is 2.27 bits per heavy atom. The standard InChI is InChI=1S/C16H21BrN2O3/c17-14-6-4-13(5-7-14)16(22)19-11-9-18(10-12-19)8-2-1-3-15(20)21/h4-7H,1-3,8-12H2,(H,20,21). The number of rotatable bonds is 6. The predicted octanol–water partition coefficient (Wildman–Crippen LogP) is 2.46. The number of hydrogen-bond acceptors (Lipinski definition) is 3. The van der Waals surface area contributed by atoms with E-state index in [2.05, 4.69) is 20.8 Å². The second-order valence-electron chi connectivity index (χ2n) is 5.49. The van der Waals surface area contributed by atoms with Gasteiger partial charge in [0.25, 0.3) is 5.91 Å². The average molecular weight is 369 g/mol. The number of amides is 1. The minimum atomic E-state index is -0.732. The lowest BCUT2D eigenvalue weighted by Gasteiger charge is -2.34. The fourth-order valence-electron chi connectivity index (χ4n) is 2.56. The van der Waals surface area contributed by atoms with Crippen molar-refractivity contribution in [3.63, 3.8) is 0 Å². The Bertz CT molecular complexity index is 511. The van der Waals surface area contributed by atoms with Gasteiger partial charge < -0.3 is 10.0 Å². The fourth-order valence-corrected chi connectivity index (χ4v) is 2.83. The van der Waals surface area contributed by atoms with E-state index in [-0.39, 0.29) is 12.3 Å². The van der Waals surface area contributed by atoms with Crippen LogP contribution in [0.25, 0.3) is 0 Å². The zero-order valence-electron chi connectivity index (χ0n) is 12.5. The van der Waals surface area contributed by atoms with E-state index in [1.54, 1.807) is 0 Å². The molecule has 0 atom stereocenters. The van der Waals surface area contributed by atoms with E-state index in [0.717, 1.165) is 49.2 Å². The first-order valence-corrected chi connectivity index (χ1v) is 8.34. The normalized spacial score (nSPS) is 15.8. The highest BCUT2D eigenvalue weighted by Crippen LogP contribution is 2.14. The van der Waals surface area contributed by atoms with E-state index in [1.807, 2.05) is 29.2 Å². The molecule has 1 aliphatic heterocycles. The van der Waals surface area contributed by atoms with Crippen LogP contribution in [0.5, 0.6) is 0 Å². The number of carboxylic acid groups (broad SMARTS) is 1. The molecule has 0 spiro atoms. The number of unbranched alkanes of at least 4 members (excludes halogenated alkanes) is 1. The molecule has 0 aromatic heterocycles. The van der Waals surface area contributed by atoms with E-state index in [9.17, 15) is 9.59 Å². The summed E-state index contributed by atoms with van der Waals surface area (Å²) in [5.41, 5.74) is 0.720. The number of piperazine rings is 1. The van der Waals surface area contributed by atoms with Gasteiger partial charge in [0.1, 0.15) is 0 Å². The van der Waals surface area contributed by atoms with Gasteiger partial charge in [0.05, 0.1) is 0 Å². The molecule has 5 nitrogen and oxygen atoms in total. The van der Waals surface area contributed by atoms with Crippen LogP contribution in [0, 0.1) is 0 Å². The summed E-state index contributed by atoms with van der Waals surface area (Å²) in [6.45, 7) is 4.08. The molecule has 1 aromatic carbocycles. The molecule has 1 aliphatic rings. The summed E-state index contributed by atoms with van der Waals surface area (Å²) in [6, 6.07) is 7.44. The van der Waals surface area contributed by atoms with E-state index >= 15 is 0 Å². The van der Waals surface area contributed by atoms with Gasteiger partial charge in [-0.1, -0.05) is 15.9 Å². The lowest BCUT2D eigenvalue weighted by atomic mass is 10.1. The number of carbonyl (C=O) groups is 2. The van der Waals surface area contributed by atoms with Crippen molar-refractivity contribution in [3.8, 4) is 0 Å². The lowest BCUT2D eigenvalue weighted by Crippen LogP contribution is -2.48. The highest BCUT2D eigenvalue weighted by Gasteiger charge is 2.21. The van der Waals surface area contributed by atoms with Crippen LogP contribution in [0.1, 0.15) is 29.6 Å². The fraction of sp³-hybridized carbons (Fsp3) is 0.500. The molecule has 6 heteroatoms. The van der Waals surface area contributed by atoms with Gasteiger partial charge in [0, 0.05) is 42.6 Å². The third-order valence-electron chi connectivity index (χ3n) is 3.87. The molecule has 120 valence electrons. The first kappa shape index (κ1) is 17.0. The van der Waals surface area contributed by atoms with Gasteiger partial charge in [-0.2, -0.15) is 0 Å². The summed E-state index contributed by atoms with van der Waals surface area (Å²) in [4.78, 5) is 27.0. The van der Waals surface area contributed by atoms with Crippen LogP contribution in [-0.2, 0) is 4.79 Å². The van der Waals surface area contributed by atoms with Crippen LogP contribution in [0.4, 0.5) is 0 Å². The zero-order chi connectivity index (χ0) is 15.9. The van der Waals surface area contributed by atoms with Gasteiger partial charge in [-0.15, -0.1) is 0 Å². The molecule has 1 aromatic rings. The van der Waals surface area contributed by atoms with Gasteiger partial charge in [-0.3, -0.25) is 14.5 Å². The second-order valence-corrected chi connectivity index (χ2v) is 6.41. The molecule has 1 amide bonds. The highest BCUT2D eigenvalue weighted by atomic mass is 79.9. The summed E-state index contributed by atoms with van der Waals surface area (Å²) in [5, 5.41) is 8.61. The molecule has 0 bridgehead atoms. The maximum absolute atomic E-state index is 12.4. The molecule has 0 unspecified atom stereocenters. The Morgan fingerprint density at radius 2 is 1.68 bits per heavy atom. The van der Waals surface area contributed by atoms with E-state index < -0.39 is 5.97 Å². The molecular weight excluding hydrogens is 348 g/mol. The van der Waals surface area contributed by atoms with Crippen LogP contribution in [0.2, 0.25) is 0 Å². The van der Waals surface area contributed by atoms with Crippen LogP contribution >= 0.6 is 15.9 Å². The van der Waals surface area contributed by atoms with E-state index in [1.165, 1.54) is 0 Å². The Morgan fingerprint density at radius 1 is 1.05 bits per heavy atom. The van der Waals surface area contributed by atoms with Gasteiger partial charge >= 0.3 is 5.97 Å². The van der Waals surface area contributed by atoms with Gasteiger partial charge in [0.2, 0.25) is 0 Å². The number of nitrogens with zero attached hydrogens (tertiary/aromatic N) is 2. The molecule has 0 saturated carbocycles. The lowest BCUT2D eigenvalue weighted by molar-refractivity contribution is -0.137. The van der Waals surface area contributed by atoms with Crippen LogP contribution in [0.3, 0.4) is 0 Å². The summed E-state index contributed by atoms with van der Waals surface area (Å²) < 4.78 is 0.968. The van der Waals surface area contributed by atoms with Crippen LogP contribution < -0.4 is 0 Å². The van der Waals surface area contributed by atoms with Gasteiger partial charge in [-0.05, 0) is 43.7 Å². The summed E-state index contributed by atoms with van der Waals surface area (Å²) in [6.07, 6.45) is 1.85. The molecule has 0 aliphatic carbocycles. The maximum Gasteiger partial charge on any atom is 0.303 e. The minimum absolute atomic E-state index is 0.0815. The predicted molar refractivity (Wildman–Crippen MR) is 88.0 cm³/mol. The molecule has 0 radical (unpaired) electrons. The van der Waals surface area contributed by atoms with Gasteiger partial charge in [-0.25, -0.2) is 0 Å². The monoisotopic (exact) mass is 368 g/mol. The van der Waals surface area contributed by atoms with Crippen LogP contribution in [-0.4, -0.2) is 59.5 Å². The molecule has 1 saturated heterocycles. The SMILES string of the molecule is O=C(O)CCCCN1CCN(C(=O)c2ccc(Br)cc2)CC1. The van der Waals surface area contributed by atoms with Crippen molar-refractivity contribution >= 4 is 27.8 Å². The smallest absolute Gasteiger partial charge is 0.303 e. The average Bonchev–Trinajstić information content (AvgIpc) is 2.52. The Balaban J connectivity index is 1.73. The van der Waals surface area contributed by atoms with Crippen molar-refractivity contribution in [2.75, 3.05) is 32.7 Å². The molecule has 1 N–H and O–H groups in total. The number of carbonyl (C=O) groups excluding carboxylic acids is 1. The summed E-state index contributed by atoms with van der Waals surface area (Å²) in [7, 11) is 0.